The van der Waals surface area contributed by atoms with Crippen LogP contribution in [0.25, 0.3) is 0 Å². The van der Waals surface area contributed by atoms with E-state index in [4.69, 9.17) is 15.0 Å². The number of carbonyl (C=O) groups excluding carboxylic acids is 1. The monoisotopic (exact) mass is 240 g/mol. The van der Waals surface area contributed by atoms with Crippen molar-refractivity contribution in [3.8, 4) is 0 Å². The number of amides is 1. The quantitative estimate of drug-likeness (QED) is 0.330. The van der Waals surface area contributed by atoms with E-state index in [0.717, 1.165) is 12.8 Å². The summed E-state index contributed by atoms with van der Waals surface area (Å²) in [4.78, 5) is 11.3. The number of nitrogens with two attached hydrogens (primary N) is 1. The largest absolute Gasteiger partial charge is 0.463 e. The zero-order valence-electron chi connectivity index (χ0n) is 10.4. The van der Waals surface area contributed by atoms with Gasteiger partial charge in [0.1, 0.15) is 18.1 Å². The molecule has 0 aliphatic carbocycles. The van der Waals surface area contributed by atoms with Crippen molar-refractivity contribution < 1.29 is 13.9 Å². The van der Waals surface area contributed by atoms with Crippen LogP contribution in [0.3, 0.4) is 0 Å². The summed E-state index contributed by atoms with van der Waals surface area (Å²) in [7, 11) is 0. The molecule has 0 bridgehead atoms. The van der Waals surface area contributed by atoms with E-state index in [-0.39, 0.29) is 5.91 Å². The second kappa shape index (κ2) is 7.09. The molecule has 0 aliphatic rings. The number of hydrogen-bond donors (Lipinski definition) is 2. The van der Waals surface area contributed by atoms with Gasteiger partial charge in [0.25, 0.3) is 5.91 Å². The Morgan fingerprint density at radius 2 is 2.29 bits per heavy atom. The van der Waals surface area contributed by atoms with Crippen LogP contribution >= 0.6 is 0 Å². The number of aryl methyl sites for hydroxylation is 1. The molecular weight excluding hydrogens is 220 g/mol. The SMILES string of the molecule is CCCCCOCc1cc(C(=O)NN)c(C)o1. The maximum atomic E-state index is 11.3. The van der Waals surface area contributed by atoms with Crippen molar-refractivity contribution in [2.75, 3.05) is 6.61 Å². The number of nitrogen functional groups attached to an aromatic ring is 1. The van der Waals surface area contributed by atoms with Gasteiger partial charge in [-0.1, -0.05) is 19.8 Å². The Hall–Kier alpha value is -1.33. The fourth-order valence-electron chi connectivity index (χ4n) is 1.54. The number of unbranched alkanes of at least 4 members (excludes halogenated alkanes) is 2. The van der Waals surface area contributed by atoms with Gasteiger partial charge in [-0.05, 0) is 19.4 Å². The first-order valence-electron chi connectivity index (χ1n) is 5.87. The van der Waals surface area contributed by atoms with Crippen LogP contribution in [0.2, 0.25) is 0 Å². The van der Waals surface area contributed by atoms with E-state index >= 15 is 0 Å². The fraction of sp³-hybridized carbons (Fsp3) is 0.583. The summed E-state index contributed by atoms with van der Waals surface area (Å²) in [5.41, 5.74) is 2.54. The molecule has 17 heavy (non-hydrogen) atoms. The van der Waals surface area contributed by atoms with Gasteiger partial charge in [0.05, 0.1) is 5.56 Å². The van der Waals surface area contributed by atoms with Crippen LogP contribution in [0, 0.1) is 6.92 Å². The molecule has 3 N–H and O–H groups in total. The van der Waals surface area contributed by atoms with Crippen molar-refractivity contribution in [1.82, 2.24) is 5.43 Å². The molecule has 0 fully saturated rings. The summed E-state index contributed by atoms with van der Waals surface area (Å²) in [5.74, 6) is 5.93. The van der Waals surface area contributed by atoms with Crippen molar-refractivity contribution in [1.29, 1.82) is 0 Å². The molecule has 0 radical (unpaired) electrons. The second-order valence-corrected chi connectivity index (χ2v) is 3.92. The van der Waals surface area contributed by atoms with Crippen LogP contribution in [0.5, 0.6) is 0 Å². The van der Waals surface area contributed by atoms with Crippen molar-refractivity contribution in [2.45, 2.75) is 39.7 Å². The van der Waals surface area contributed by atoms with Gasteiger partial charge in [0, 0.05) is 6.61 Å². The average Bonchev–Trinajstić information content (AvgIpc) is 2.69. The summed E-state index contributed by atoms with van der Waals surface area (Å²) in [6, 6.07) is 1.66. The minimum absolute atomic E-state index is 0.344. The van der Waals surface area contributed by atoms with Crippen molar-refractivity contribution >= 4 is 5.91 Å². The second-order valence-electron chi connectivity index (χ2n) is 3.92. The molecule has 0 saturated carbocycles. The third kappa shape index (κ3) is 4.20. The molecule has 0 aromatic carbocycles. The Bertz CT molecular complexity index is 361. The fourth-order valence-corrected chi connectivity index (χ4v) is 1.54. The van der Waals surface area contributed by atoms with Gasteiger partial charge in [-0.3, -0.25) is 10.2 Å². The maximum Gasteiger partial charge on any atom is 0.268 e. The molecule has 1 aromatic rings. The van der Waals surface area contributed by atoms with Gasteiger partial charge >= 0.3 is 0 Å². The van der Waals surface area contributed by atoms with Gasteiger partial charge in [0.15, 0.2) is 0 Å². The minimum Gasteiger partial charge on any atom is -0.463 e. The Morgan fingerprint density at radius 3 is 2.94 bits per heavy atom. The molecule has 0 saturated heterocycles. The van der Waals surface area contributed by atoms with Crippen LogP contribution in [0.15, 0.2) is 10.5 Å². The maximum absolute atomic E-state index is 11.3. The standard InChI is InChI=1S/C12H20N2O3/c1-3-4-5-6-16-8-10-7-11(9(2)17-10)12(15)14-13/h7H,3-6,8,13H2,1-2H3,(H,14,15). The first kappa shape index (κ1) is 13.7. The lowest BCUT2D eigenvalue weighted by atomic mass is 10.2. The summed E-state index contributed by atoms with van der Waals surface area (Å²) in [5, 5.41) is 0. The number of rotatable bonds is 7. The summed E-state index contributed by atoms with van der Waals surface area (Å²) in [6.45, 7) is 4.98. The zero-order valence-corrected chi connectivity index (χ0v) is 10.4. The highest BCUT2D eigenvalue weighted by molar-refractivity contribution is 5.94. The lowest BCUT2D eigenvalue weighted by Crippen LogP contribution is -2.30. The van der Waals surface area contributed by atoms with E-state index in [0.29, 0.717) is 30.3 Å². The van der Waals surface area contributed by atoms with Gasteiger partial charge in [-0.15, -0.1) is 0 Å². The van der Waals surface area contributed by atoms with E-state index in [1.165, 1.54) is 6.42 Å². The van der Waals surface area contributed by atoms with Crippen LogP contribution < -0.4 is 11.3 Å². The lowest BCUT2D eigenvalue weighted by Gasteiger charge is -2.00. The third-order valence-corrected chi connectivity index (χ3v) is 2.48. The molecule has 1 rings (SSSR count). The van der Waals surface area contributed by atoms with E-state index in [1.54, 1.807) is 13.0 Å². The molecule has 1 amide bonds. The number of furan rings is 1. The highest BCUT2D eigenvalue weighted by Gasteiger charge is 2.13. The van der Waals surface area contributed by atoms with Crippen molar-refractivity contribution in [3.63, 3.8) is 0 Å². The highest BCUT2D eigenvalue weighted by atomic mass is 16.5. The van der Waals surface area contributed by atoms with Gasteiger partial charge in [-0.2, -0.15) is 0 Å². The molecule has 96 valence electrons. The minimum atomic E-state index is -0.344. The first-order chi connectivity index (χ1) is 8.19. The van der Waals surface area contributed by atoms with E-state index in [1.807, 2.05) is 0 Å². The van der Waals surface area contributed by atoms with Crippen LogP contribution in [0.1, 0.15) is 48.1 Å². The average molecular weight is 240 g/mol. The molecule has 1 aromatic heterocycles. The lowest BCUT2D eigenvalue weighted by molar-refractivity contribution is 0.0952. The smallest absolute Gasteiger partial charge is 0.268 e. The van der Waals surface area contributed by atoms with Crippen LogP contribution in [-0.4, -0.2) is 12.5 Å². The number of hydrazine groups is 1. The molecular formula is C12H20N2O3. The molecule has 0 spiro atoms. The van der Waals surface area contributed by atoms with Crippen LogP contribution in [-0.2, 0) is 11.3 Å². The molecule has 0 aliphatic heterocycles. The van der Waals surface area contributed by atoms with Gasteiger partial charge < -0.3 is 9.15 Å². The van der Waals surface area contributed by atoms with E-state index in [9.17, 15) is 4.79 Å². The van der Waals surface area contributed by atoms with Gasteiger partial charge in [-0.25, -0.2) is 5.84 Å². The molecule has 0 atom stereocenters. The normalized spacial score (nSPS) is 10.5. The van der Waals surface area contributed by atoms with Crippen LogP contribution in [0.4, 0.5) is 0 Å². The molecule has 0 unspecified atom stereocenters. The number of carbonyl (C=O) groups is 1. The topological polar surface area (TPSA) is 77.5 Å². The van der Waals surface area contributed by atoms with Gasteiger partial charge in [0.2, 0.25) is 0 Å². The molecule has 1 heterocycles. The summed E-state index contributed by atoms with van der Waals surface area (Å²) >= 11 is 0. The Morgan fingerprint density at radius 1 is 1.53 bits per heavy atom. The van der Waals surface area contributed by atoms with Crippen molar-refractivity contribution in [3.05, 3.63) is 23.2 Å². The highest BCUT2D eigenvalue weighted by Crippen LogP contribution is 2.15. The Kier molecular flexibility index (Phi) is 5.72. The summed E-state index contributed by atoms with van der Waals surface area (Å²) in [6.07, 6.45) is 3.38. The molecule has 5 heteroatoms. The Balaban J connectivity index is 2.42. The predicted molar refractivity (Wildman–Crippen MR) is 64.3 cm³/mol. The number of hydrogen-bond acceptors (Lipinski definition) is 4. The predicted octanol–water partition coefficient (Wildman–Crippen LogP) is 1.90. The summed E-state index contributed by atoms with van der Waals surface area (Å²) < 4.78 is 10.8. The molecule has 5 nitrogen and oxygen atoms in total. The van der Waals surface area contributed by atoms with E-state index < -0.39 is 0 Å². The third-order valence-electron chi connectivity index (χ3n) is 2.48. The van der Waals surface area contributed by atoms with Crippen molar-refractivity contribution in [2.24, 2.45) is 5.84 Å². The number of ether oxygens (including phenoxy) is 1. The Labute approximate surface area is 101 Å². The van der Waals surface area contributed by atoms with E-state index in [2.05, 4.69) is 12.3 Å². The number of nitrogens with one attached hydrogen (secondary N) is 1. The zero-order chi connectivity index (χ0) is 12.7. The first-order valence-corrected chi connectivity index (χ1v) is 5.87.